The van der Waals surface area contributed by atoms with Crippen molar-refractivity contribution in [2.75, 3.05) is 12.4 Å². The number of benzene rings is 2. The molecule has 0 radical (unpaired) electrons. The lowest BCUT2D eigenvalue weighted by Crippen LogP contribution is -2.14. The van der Waals surface area contributed by atoms with E-state index in [4.69, 9.17) is 22.1 Å². The minimum atomic E-state index is -0.620. The second kappa shape index (κ2) is 8.10. The molecule has 0 atom stereocenters. The van der Waals surface area contributed by atoms with Crippen molar-refractivity contribution in [2.24, 2.45) is 5.73 Å². The van der Waals surface area contributed by atoms with Crippen LogP contribution >= 0.6 is 11.6 Å². The molecular formula is C21H19ClN4O2. The van der Waals surface area contributed by atoms with Crippen LogP contribution in [0.1, 0.15) is 21.7 Å². The first-order valence-corrected chi connectivity index (χ1v) is 8.87. The molecule has 1 amide bonds. The van der Waals surface area contributed by atoms with Crippen molar-refractivity contribution in [3.05, 3.63) is 71.0 Å². The average molecular weight is 395 g/mol. The fourth-order valence-electron chi connectivity index (χ4n) is 2.70. The standard InChI is InChI=1S/C21H19ClN4O2/c1-4-14-11-17(20(23)27)26-21(25-14)13-5-7-15(8-6-13)28-18-10-9-16(22)19(24-3)12(18)2/h4-11,24H,1H2,2-3H3,(H2,23,27). The lowest BCUT2D eigenvalue weighted by molar-refractivity contribution is 0.0995. The summed E-state index contributed by atoms with van der Waals surface area (Å²) >= 11 is 6.18. The summed E-state index contributed by atoms with van der Waals surface area (Å²) < 4.78 is 5.97. The van der Waals surface area contributed by atoms with E-state index in [1.165, 1.54) is 12.1 Å². The fraction of sp³-hybridized carbons (Fsp3) is 0.0952. The van der Waals surface area contributed by atoms with Gasteiger partial charge in [-0.05, 0) is 55.5 Å². The molecule has 0 saturated carbocycles. The number of hydrogen-bond donors (Lipinski definition) is 2. The van der Waals surface area contributed by atoms with E-state index in [1.54, 1.807) is 18.2 Å². The number of nitrogens with two attached hydrogens (primary N) is 1. The molecule has 1 aromatic heterocycles. The van der Waals surface area contributed by atoms with Gasteiger partial charge in [0.1, 0.15) is 17.2 Å². The van der Waals surface area contributed by atoms with E-state index in [-0.39, 0.29) is 5.69 Å². The van der Waals surface area contributed by atoms with Gasteiger partial charge in [0.15, 0.2) is 5.82 Å². The smallest absolute Gasteiger partial charge is 0.267 e. The first kappa shape index (κ1) is 19.4. The first-order chi connectivity index (χ1) is 13.4. The highest BCUT2D eigenvalue weighted by Crippen LogP contribution is 2.35. The van der Waals surface area contributed by atoms with E-state index in [0.717, 1.165) is 16.8 Å². The van der Waals surface area contributed by atoms with Gasteiger partial charge < -0.3 is 15.8 Å². The van der Waals surface area contributed by atoms with Gasteiger partial charge >= 0.3 is 0 Å². The SMILES string of the molecule is C=Cc1cc(C(N)=O)nc(-c2ccc(Oc3ccc(Cl)c(NC)c3C)cc2)n1. The largest absolute Gasteiger partial charge is 0.457 e. The summed E-state index contributed by atoms with van der Waals surface area (Å²) in [7, 11) is 1.81. The van der Waals surface area contributed by atoms with Gasteiger partial charge in [-0.2, -0.15) is 0 Å². The predicted octanol–water partition coefficient (Wildman–Crippen LogP) is 4.68. The topological polar surface area (TPSA) is 90.1 Å². The van der Waals surface area contributed by atoms with Crippen LogP contribution in [0.3, 0.4) is 0 Å². The Hall–Kier alpha value is -3.38. The second-order valence-corrected chi connectivity index (χ2v) is 6.40. The fourth-order valence-corrected chi connectivity index (χ4v) is 3.00. The van der Waals surface area contributed by atoms with E-state index in [2.05, 4.69) is 21.9 Å². The maximum Gasteiger partial charge on any atom is 0.267 e. The maximum atomic E-state index is 11.5. The Balaban J connectivity index is 1.90. The number of halogens is 1. The van der Waals surface area contributed by atoms with Gasteiger partial charge in [0.2, 0.25) is 0 Å². The van der Waals surface area contributed by atoms with Crippen LogP contribution < -0.4 is 15.8 Å². The number of primary amides is 1. The van der Waals surface area contributed by atoms with Crippen LogP contribution in [0.15, 0.2) is 49.0 Å². The molecule has 3 rings (SSSR count). The molecule has 6 nitrogen and oxygen atoms in total. The summed E-state index contributed by atoms with van der Waals surface area (Å²) in [4.78, 5) is 20.1. The molecule has 0 aliphatic heterocycles. The van der Waals surface area contributed by atoms with Gasteiger partial charge in [-0.25, -0.2) is 9.97 Å². The van der Waals surface area contributed by atoms with Crippen molar-refractivity contribution in [1.29, 1.82) is 0 Å². The number of anilines is 1. The van der Waals surface area contributed by atoms with Gasteiger partial charge in [-0.15, -0.1) is 0 Å². The Labute approximate surface area is 168 Å². The molecule has 3 N–H and O–H groups in total. The van der Waals surface area contributed by atoms with E-state index >= 15 is 0 Å². The van der Waals surface area contributed by atoms with E-state index < -0.39 is 5.91 Å². The number of ether oxygens (including phenoxy) is 1. The third-order valence-electron chi connectivity index (χ3n) is 4.16. The molecule has 0 unspecified atom stereocenters. The number of aromatic nitrogens is 2. The molecule has 28 heavy (non-hydrogen) atoms. The highest BCUT2D eigenvalue weighted by molar-refractivity contribution is 6.33. The van der Waals surface area contributed by atoms with Crippen LogP contribution in [-0.2, 0) is 0 Å². The lowest BCUT2D eigenvalue weighted by atomic mass is 10.1. The molecule has 0 aliphatic carbocycles. The zero-order chi connectivity index (χ0) is 20.3. The Morgan fingerprint density at radius 2 is 1.93 bits per heavy atom. The van der Waals surface area contributed by atoms with Crippen LogP contribution in [0.25, 0.3) is 17.5 Å². The summed E-state index contributed by atoms with van der Waals surface area (Å²) in [5, 5.41) is 3.70. The summed E-state index contributed by atoms with van der Waals surface area (Å²) in [5.74, 6) is 1.11. The summed E-state index contributed by atoms with van der Waals surface area (Å²) in [6.45, 7) is 5.61. The third kappa shape index (κ3) is 3.97. The summed E-state index contributed by atoms with van der Waals surface area (Å²) in [6, 6.07) is 12.3. The number of carbonyl (C=O) groups is 1. The van der Waals surface area contributed by atoms with Crippen molar-refractivity contribution in [2.45, 2.75) is 6.92 Å². The minimum Gasteiger partial charge on any atom is -0.457 e. The average Bonchev–Trinajstić information content (AvgIpc) is 2.70. The molecule has 142 valence electrons. The number of hydrogen-bond acceptors (Lipinski definition) is 5. The number of rotatable bonds is 6. The van der Waals surface area contributed by atoms with Gasteiger partial charge in [-0.3, -0.25) is 4.79 Å². The lowest BCUT2D eigenvalue weighted by Gasteiger charge is -2.14. The number of amides is 1. The quantitative estimate of drug-likeness (QED) is 0.633. The molecule has 0 fully saturated rings. The van der Waals surface area contributed by atoms with Gasteiger partial charge in [0, 0.05) is 18.2 Å². The Morgan fingerprint density at radius 1 is 1.21 bits per heavy atom. The number of nitrogens with zero attached hydrogens (tertiary/aromatic N) is 2. The van der Waals surface area contributed by atoms with Gasteiger partial charge in [-0.1, -0.05) is 18.2 Å². The van der Waals surface area contributed by atoms with E-state index in [1.807, 2.05) is 32.2 Å². The van der Waals surface area contributed by atoms with Gasteiger partial charge in [0.05, 0.1) is 16.4 Å². The predicted molar refractivity (Wildman–Crippen MR) is 112 cm³/mol. The highest BCUT2D eigenvalue weighted by atomic mass is 35.5. The van der Waals surface area contributed by atoms with Crippen molar-refractivity contribution in [1.82, 2.24) is 9.97 Å². The van der Waals surface area contributed by atoms with E-state index in [9.17, 15) is 4.79 Å². The minimum absolute atomic E-state index is 0.136. The van der Waals surface area contributed by atoms with Crippen molar-refractivity contribution in [3.8, 4) is 22.9 Å². The Kier molecular flexibility index (Phi) is 5.61. The zero-order valence-corrected chi connectivity index (χ0v) is 16.2. The summed E-state index contributed by atoms with van der Waals surface area (Å²) in [5.41, 5.74) is 8.46. The van der Waals surface area contributed by atoms with Crippen LogP contribution in [0.2, 0.25) is 5.02 Å². The normalized spacial score (nSPS) is 10.4. The monoisotopic (exact) mass is 394 g/mol. The molecule has 1 heterocycles. The third-order valence-corrected chi connectivity index (χ3v) is 4.48. The van der Waals surface area contributed by atoms with Crippen LogP contribution in [0.4, 0.5) is 5.69 Å². The zero-order valence-electron chi connectivity index (χ0n) is 15.5. The molecule has 0 bridgehead atoms. The number of nitrogens with one attached hydrogen (secondary N) is 1. The van der Waals surface area contributed by atoms with Crippen LogP contribution in [0.5, 0.6) is 11.5 Å². The maximum absolute atomic E-state index is 11.5. The van der Waals surface area contributed by atoms with Crippen LogP contribution in [0, 0.1) is 6.92 Å². The van der Waals surface area contributed by atoms with Crippen molar-refractivity contribution >= 4 is 29.3 Å². The molecule has 0 aliphatic rings. The molecular weight excluding hydrogens is 376 g/mol. The highest BCUT2D eigenvalue weighted by Gasteiger charge is 2.11. The first-order valence-electron chi connectivity index (χ1n) is 8.49. The molecule has 2 aromatic carbocycles. The van der Waals surface area contributed by atoms with Gasteiger partial charge in [0.25, 0.3) is 5.91 Å². The summed E-state index contributed by atoms with van der Waals surface area (Å²) in [6.07, 6.45) is 1.54. The number of carbonyl (C=O) groups excluding carboxylic acids is 1. The van der Waals surface area contributed by atoms with E-state index in [0.29, 0.717) is 28.0 Å². The van der Waals surface area contributed by atoms with Crippen LogP contribution in [-0.4, -0.2) is 22.9 Å². The molecule has 3 aromatic rings. The molecule has 0 saturated heterocycles. The van der Waals surface area contributed by atoms with Crippen molar-refractivity contribution in [3.63, 3.8) is 0 Å². The Morgan fingerprint density at radius 3 is 2.54 bits per heavy atom. The molecule has 0 spiro atoms. The van der Waals surface area contributed by atoms with Crippen molar-refractivity contribution < 1.29 is 9.53 Å². The Bertz CT molecular complexity index is 1050. The molecule has 7 heteroatoms. The second-order valence-electron chi connectivity index (χ2n) is 5.99.